The lowest BCUT2D eigenvalue weighted by Gasteiger charge is -2.39. The van der Waals surface area contributed by atoms with Crippen LogP contribution in [0.3, 0.4) is 0 Å². The topological polar surface area (TPSA) is 29.5 Å². The Bertz CT molecular complexity index is 308. The molecule has 0 spiro atoms. The smallest absolute Gasteiger partial charge is 0.0801 e. The molecule has 17 heavy (non-hydrogen) atoms. The van der Waals surface area contributed by atoms with E-state index in [0.29, 0.717) is 29.5 Å². The van der Waals surface area contributed by atoms with Crippen molar-refractivity contribution in [1.29, 1.82) is 0 Å². The molecule has 3 aliphatic carbocycles. The lowest BCUT2D eigenvalue weighted by Crippen LogP contribution is -2.38. The second-order valence-electron chi connectivity index (χ2n) is 7.34. The predicted molar refractivity (Wildman–Crippen MR) is 67.7 cm³/mol. The molecule has 0 heterocycles. The van der Waals surface area contributed by atoms with Crippen LogP contribution in [0, 0.1) is 22.7 Å². The van der Waals surface area contributed by atoms with E-state index in [1.54, 1.807) is 0 Å². The van der Waals surface area contributed by atoms with Crippen LogP contribution in [0.2, 0.25) is 0 Å². The Morgan fingerprint density at radius 3 is 2.41 bits per heavy atom. The van der Waals surface area contributed by atoms with Crippen molar-refractivity contribution in [3.63, 3.8) is 0 Å². The van der Waals surface area contributed by atoms with Gasteiger partial charge in [-0.05, 0) is 54.8 Å². The lowest BCUT2D eigenvalue weighted by atomic mass is 9.70. The minimum absolute atomic E-state index is 0.208. The molecule has 4 unspecified atom stereocenters. The molecule has 4 atom stereocenters. The first kappa shape index (κ1) is 12.0. The van der Waals surface area contributed by atoms with Crippen molar-refractivity contribution >= 4 is 0 Å². The summed E-state index contributed by atoms with van der Waals surface area (Å²) in [5, 5.41) is 9.91. The van der Waals surface area contributed by atoms with Gasteiger partial charge in [0.05, 0.1) is 18.8 Å². The Morgan fingerprint density at radius 2 is 1.94 bits per heavy atom. The number of hydrogen-bond donors (Lipinski definition) is 1. The molecule has 3 fully saturated rings. The maximum absolute atomic E-state index is 9.91. The molecule has 2 nitrogen and oxygen atoms in total. The zero-order chi connectivity index (χ0) is 12.3. The normalized spacial score (nSPS) is 45.2. The zero-order valence-electron chi connectivity index (χ0n) is 11.4. The number of rotatable bonds is 4. The predicted octanol–water partition coefficient (Wildman–Crippen LogP) is 2.99. The molecule has 0 aliphatic heterocycles. The first-order valence-corrected chi connectivity index (χ1v) is 7.25. The fourth-order valence-corrected chi connectivity index (χ4v) is 4.21. The molecule has 0 aromatic carbocycles. The Hall–Kier alpha value is -0.0800. The molecule has 3 aliphatic rings. The van der Waals surface area contributed by atoms with Gasteiger partial charge in [0.2, 0.25) is 0 Å². The molecule has 0 amide bonds. The maximum atomic E-state index is 9.91. The first-order valence-electron chi connectivity index (χ1n) is 7.25. The highest BCUT2D eigenvalue weighted by Gasteiger charge is 2.61. The van der Waals surface area contributed by atoms with Crippen molar-refractivity contribution in [2.24, 2.45) is 22.7 Å². The third kappa shape index (κ3) is 1.67. The maximum Gasteiger partial charge on any atom is 0.0801 e. The van der Waals surface area contributed by atoms with E-state index in [-0.39, 0.29) is 6.10 Å². The van der Waals surface area contributed by atoms with Gasteiger partial charge in [-0.1, -0.05) is 20.8 Å². The molecular formula is C15H26O2. The highest BCUT2D eigenvalue weighted by Crippen LogP contribution is 2.66. The van der Waals surface area contributed by atoms with Crippen LogP contribution in [0.15, 0.2) is 0 Å². The SMILES string of the molecule is CC1(C)C2CCC1(C)C(OCC(O)C1CC1)C2. The van der Waals surface area contributed by atoms with E-state index >= 15 is 0 Å². The van der Waals surface area contributed by atoms with Crippen LogP contribution in [0.1, 0.15) is 52.9 Å². The molecule has 3 saturated carbocycles. The molecule has 2 heteroatoms. The molecule has 0 radical (unpaired) electrons. The summed E-state index contributed by atoms with van der Waals surface area (Å²) in [5.74, 6) is 1.37. The van der Waals surface area contributed by atoms with Crippen molar-refractivity contribution in [3.8, 4) is 0 Å². The van der Waals surface area contributed by atoms with E-state index in [4.69, 9.17) is 4.74 Å². The largest absolute Gasteiger partial charge is 0.390 e. The molecule has 1 N–H and O–H groups in total. The average molecular weight is 238 g/mol. The average Bonchev–Trinajstić information content (AvgIpc) is 3.05. The second kappa shape index (κ2) is 3.71. The summed E-state index contributed by atoms with van der Waals surface area (Å²) < 4.78 is 6.09. The van der Waals surface area contributed by atoms with E-state index in [9.17, 15) is 5.11 Å². The van der Waals surface area contributed by atoms with Crippen LogP contribution < -0.4 is 0 Å². The van der Waals surface area contributed by atoms with E-state index in [1.165, 1.54) is 32.1 Å². The Morgan fingerprint density at radius 1 is 1.24 bits per heavy atom. The Labute approximate surface area is 105 Å². The fourth-order valence-electron chi connectivity index (χ4n) is 4.21. The number of hydrogen-bond acceptors (Lipinski definition) is 2. The molecule has 0 saturated heterocycles. The fraction of sp³-hybridized carbons (Fsp3) is 1.00. The van der Waals surface area contributed by atoms with Crippen molar-refractivity contribution < 1.29 is 9.84 Å². The van der Waals surface area contributed by atoms with Gasteiger partial charge in [0.25, 0.3) is 0 Å². The second-order valence-corrected chi connectivity index (χ2v) is 7.34. The van der Waals surface area contributed by atoms with Crippen LogP contribution >= 0.6 is 0 Å². The van der Waals surface area contributed by atoms with Crippen molar-refractivity contribution in [1.82, 2.24) is 0 Å². The minimum Gasteiger partial charge on any atom is -0.390 e. The summed E-state index contributed by atoms with van der Waals surface area (Å²) in [6, 6.07) is 0. The van der Waals surface area contributed by atoms with Crippen LogP contribution in [-0.4, -0.2) is 23.9 Å². The summed E-state index contributed by atoms with van der Waals surface area (Å²) in [5.41, 5.74) is 0.753. The van der Waals surface area contributed by atoms with Gasteiger partial charge in [0.15, 0.2) is 0 Å². The summed E-state index contributed by atoms with van der Waals surface area (Å²) in [7, 11) is 0. The zero-order valence-corrected chi connectivity index (χ0v) is 11.4. The van der Waals surface area contributed by atoms with Gasteiger partial charge in [-0.3, -0.25) is 0 Å². The van der Waals surface area contributed by atoms with Crippen LogP contribution in [0.25, 0.3) is 0 Å². The molecule has 98 valence electrons. The Balaban J connectivity index is 1.62. The van der Waals surface area contributed by atoms with E-state index in [1.807, 2.05) is 0 Å². The number of aliphatic hydroxyl groups is 1. The van der Waals surface area contributed by atoms with Crippen molar-refractivity contribution in [2.75, 3.05) is 6.61 Å². The standard InChI is InChI=1S/C15H26O2/c1-14(2)11-6-7-15(14,3)13(8-11)17-9-12(16)10-4-5-10/h10-13,16H,4-9H2,1-3H3. The highest BCUT2D eigenvalue weighted by molar-refractivity contribution is 5.11. The summed E-state index contributed by atoms with van der Waals surface area (Å²) >= 11 is 0. The quantitative estimate of drug-likeness (QED) is 0.816. The highest BCUT2D eigenvalue weighted by atomic mass is 16.5. The van der Waals surface area contributed by atoms with Gasteiger partial charge >= 0.3 is 0 Å². The molecule has 2 bridgehead atoms. The monoisotopic (exact) mass is 238 g/mol. The summed E-state index contributed by atoms with van der Waals surface area (Å²) in [4.78, 5) is 0. The number of aliphatic hydroxyl groups excluding tert-OH is 1. The molecule has 0 aromatic rings. The number of ether oxygens (including phenoxy) is 1. The lowest BCUT2D eigenvalue weighted by molar-refractivity contribution is -0.0784. The first-order chi connectivity index (χ1) is 7.95. The summed E-state index contributed by atoms with van der Waals surface area (Å²) in [6.07, 6.45) is 6.44. The van der Waals surface area contributed by atoms with Gasteiger partial charge < -0.3 is 9.84 Å². The number of fused-ring (bicyclic) bond motifs is 2. The van der Waals surface area contributed by atoms with E-state index < -0.39 is 0 Å². The molecule has 3 rings (SSSR count). The summed E-state index contributed by atoms with van der Waals surface area (Å²) in [6.45, 7) is 7.78. The third-order valence-electron chi connectivity index (χ3n) is 6.35. The van der Waals surface area contributed by atoms with Gasteiger partial charge in [-0.2, -0.15) is 0 Å². The minimum atomic E-state index is -0.208. The van der Waals surface area contributed by atoms with Crippen molar-refractivity contribution in [2.45, 2.75) is 65.1 Å². The van der Waals surface area contributed by atoms with Crippen molar-refractivity contribution in [3.05, 3.63) is 0 Å². The van der Waals surface area contributed by atoms with Gasteiger partial charge in [0, 0.05) is 0 Å². The van der Waals surface area contributed by atoms with Gasteiger partial charge in [-0.25, -0.2) is 0 Å². The van der Waals surface area contributed by atoms with Gasteiger partial charge in [0.1, 0.15) is 0 Å². The van der Waals surface area contributed by atoms with Crippen LogP contribution in [-0.2, 0) is 4.74 Å². The van der Waals surface area contributed by atoms with Gasteiger partial charge in [-0.15, -0.1) is 0 Å². The third-order valence-corrected chi connectivity index (χ3v) is 6.35. The van der Waals surface area contributed by atoms with Crippen LogP contribution in [0.4, 0.5) is 0 Å². The van der Waals surface area contributed by atoms with E-state index in [2.05, 4.69) is 20.8 Å². The molecular weight excluding hydrogens is 212 g/mol. The molecule has 0 aromatic heterocycles. The van der Waals surface area contributed by atoms with E-state index in [0.717, 1.165) is 5.92 Å². The Kier molecular flexibility index (Phi) is 2.61. The van der Waals surface area contributed by atoms with Crippen LogP contribution in [0.5, 0.6) is 0 Å².